The smallest absolute Gasteiger partial charge is 0.271 e. The number of aromatic nitrogens is 4. The van der Waals surface area contributed by atoms with E-state index in [-0.39, 0.29) is 5.91 Å². The lowest BCUT2D eigenvalue weighted by molar-refractivity contribution is 0.0950. The number of imidazole rings is 1. The molecule has 0 saturated heterocycles. The summed E-state index contributed by atoms with van der Waals surface area (Å²) < 4.78 is 2.22. The van der Waals surface area contributed by atoms with Crippen LogP contribution in [-0.4, -0.2) is 38.7 Å². The largest absolute Gasteiger partial charge is 0.368 e. The SMILES string of the molecule is CCNC(=O)c1ccc(NCCc2nc3ccccc3n2CC)nn1. The van der Waals surface area contributed by atoms with Crippen LogP contribution in [0.25, 0.3) is 11.0 Å². The molecule has 2 heterocycles. The van der Waals surface area contributed by atoms with Gasteiger partial charge >= 0.3 is 0 Å². The third kappa shape index (κ3) is 3.76. The Hall–Kier alpha value is -2.96. The molecule has 0 aliphatic carbocycles. The standard InChI is InChI=1S/C18H22N6O/c1-3-19-18(25)14-9-10-16(23-22-14)20-12-11-17-21-13-7-5-6-8-15(13)24(17)4-2/h5-10H,3-4,11-12H2,1-2H3,(H,19,25)(H,20,23). The van der Waals surface area contributed by atoms with Gasteiger partial charge in [-0.3, -0.25) is 4.79 Å². The molecule has 0 spiro atoms. The van der Waals surface area contributed by atoms with Gasteiger partial charge in [0.1, 0.15) is 11.6 Å². The molecule has 0 bridgehead atoms. The Bertz CT molecular complexity index is 856. The van der Waals surface area contributed by atoms with Crippen LogP contribution in [0.3, 0.4) is 0 Å². The first kappa shape index (κ1) is 16.9. The quantitative estimate of drug-likeness (QED) is 0.690. The maximum Gasteiger partial charge on any atom is 0.271 e. The molecular weight excluding hydrogens is 316 g/mol. The Kier molecular flexibility index (Phi) is 5.23. The molecular formula is C18H22N6O. The molecule has 3 rings (SSSR count). The first-order valence-corrected chi connectivity index (χ1v) is 8.52. The fraction of sp³-hybridized carbons (Fsp3) is 0.333. The van der Waals surface area contributed by atoms with E-state index >= 15 is 0 Å². The third-order valence-electron chi connectivity index (χ3n) is 3.94. The van der Waals surface area contributed by atoms with E-state index in [0.717, 1.165) is 29.8 Å². The van der Waals surface area contributed by atoms with Crippen molar-refractivity contribution in [1.29, 1.82) is 0 Å². The highest BCUT2D eigenvalue weighted by atomic mass is 16.1. The highest BCUT2D eigenvalue weighted by Crippen LogP contribution is 2.16. The van der Waals surface area contributed by atoms with Crippen LogP contribution in [0.15, 0.2) is 36.4 Å². The summed E-state index contributed by atoms with van der Waals surface area (Å²) in [6.45, 7) is 6.13. The zero-order valence-corrected chi connectivity index (χ0v) is 14.5. The zero-order chi connectivity index (χ0) is 17.6. The van der Waals surface area contributed by atoms with Gasteiger partial charge in [-0.1, -0.05) is 12.1 Å². The normalized spacial score (nSPS) is 10.8. The van der Waals surface area contributed by atoms with E-state index in [1.165, 1.54) is 0 Å². The maximum atomic E-state index is 11.7. The first-order valence-electron chi connectivity index (χ1n) is 8.52. The van der Waals surface area contributed by atoms with Gasteiger partial charge in [-0.25, -0.2) is 4.98 Å². The molecule has 7 nitrogen and oxygen atoms in total. The molecule has 7 heteroatoms. The number of benzene rings is 1. The molecule has 0 unspecified atom stereocenters. The van der Waals surface area contributed by atoms with E-state index in [2.05, 4.69) is 38.4 Å². The second kappa shape index (κ2) is 7.74. The molecule has 0 aliphatic heterocycles. The summed E-state index contributed by atoms with van der Waals surface area (Å²) in [6, 6.07) is 11.6. The summed E-state index contributed by atoms with van der Waals surface area (Å²) in [6.07, 6.45) is 0.780. The van der Waals surface area contributed by atoms with Crippen LogP contribution >= 0.6 is 0 Å². The van der Waals surface area contributed by atoms with Crippen molar-refractivity contribution in [2.24, 2.45) is 0 Å². The van der Waals surface area contributed by atoms with Crippen molar-refractivity contribution in [3.63, 3.8) is 0 Å². The number of rotatable bonds is 7. The second-order valence-electron chi connectivity index (χ2n) is 5.60. The maximum absolute atomic E-state index is 11.7. The number of nitrogens with one attached hydrogen (secondary N) is 2. The van der Waals surface area contributed by atoms with Crippen molar-refractivity contribution in [1.82, 2.24) is 25.1 Å². The Morgan fingerprint density at radius 3 is 2.68 bits per heavy atom. The second-order valence-corrected chi connectivity index (χ2v) is 5.60. The van der Waals surface area contributed by atoms with Crippen molar-refractivity contribution < 1.29 is 4.79 Å². The van der Waals surface area contributed by atoms with Crippen LogP contribution < -0.4 is 10.6 Å². The van der Waals surface area contributed by atoms with Crippen LogP contribution in [0.2, 0.25) is 0 Å². The van der Waals surface area contributed by atoms with E-state index in [1.807, 2.05) is 25.1 Å². The number of carbonyl (C=O) groups excluding carboxylic acids is 1. The van der Waals surface area contributed by atoms with E-state index in [0.29, 0.717) is 24.6 Å². The highest BCUT2D eigenvalue weighted by molar-refractivity contribution is 5.92. The Balaban J connectivity index is 1.62. The molecule has 1 amide bonds. The van der Waals surface area contributed by atoms with E-state index < -0.39 is 0 Å². The molecule has 0 radical (unpaired) electrons. The topological polar surface area (TPSA) is 84.7 Å². The summed E-state index contributed by atoms with van der Waals surface area (Å²) in [7, 11) is 0. The van der Waals surface area contributed by atoms with E-state index in [4.69, 9.17) is 4.98 Å². The molecule has 25 heavy (non-hydrogen) atoms. The number of hydrogen-bond donors (Lipinski definition) is 2. The van der Waals surface area contributed by atoms with Gasteiger partial charge in [0.05, 0.1) is 11.0 Å². The minimum atomic E-state index is -0.210. The lowest BCUT2D eigenvalue weighted by atomic mass is 10.3. The fourth-order valence-corrected chi connectivity index (χ4v) is 2.77. The summed E-state index contributed by atoms with van der Waals surface area (Å²) >= 11 is 0. The molecule has 2 N–H and O–H groups in total. The summed E-state index contributed by atoms with van der Waals surface area (Å²) in [4.78, 5) is 16.4. The number of amides is 1. The predicted molar refractivity (Wildman–Crippen MR) is 97.6 cm³/mol. The first-order chi connectivity index (χ1) is 12.2. The molecule has 0 aliphatic rings. The van der Waals surface area contributed by atoms with Gasteiger partial charge in [0.25, 0.3) is 5.91 Å². The van der Waals surface area contributed by atoms with Gasteiger partial charge in [-0.2, -0.15) is 0 Å². The average Bonchev–Trinajstić information content (AvgIpc) is 3.00. The van der Waals surface area contributed by atoms with Crippen molar-refractivity contribution in [2.45, 2.75) is 26.8 Å². The van der Waals surface area contributed by atoms with Crippen LogP contribution in [0.5, 0.6) is 0 Å². The van der Waals surface area contributed by atoms with Crippen molar-refractivity contribution in [2.75, 3.05) is 18.4 Å². The average molecular weight is 338 g/mol. The van der Waals surface area contributed by atoms with Crippen LogP contribution in [0.1, 0.15) is 30.2 Å². The van der Waals surface area contributed by atoms with Crippen molar-refractivity contribution in [3.05, 3.63) is 47.9 Å². The third-order valence-corrected chi connectivity index (χ3v) is 3.94. The lowest BCUT2D eigenvalue weighted by Gasteiger charge is -2.08. The Morgan fingerprint density at radius 1 is 1.12 bits per heavy atom. The van der Waals surface area contributed by atoms with Gasteiger partial charge < -0.3 is 15.2 Å². The van der Waals surface area contributed by atoms with E-state index in [9.17, 15) is 4.79 Å². The van der Waals surface area contributed by atoms with Gasteiger partial charge in [-0.05, 0) is 38.1 Å². The summed E-state index contributed by atoms with van der Waals surface area (Å²) in [5, 5.41) is 13.9. The van der Waals surface area contributed by atoms with E-state index in [1.54, 1.807) is 12.1 Å². The number of carbonyl (C=O) groups is 1. The van der Waals surface area contributed by atoms with Gasteiger partial charge in [-0.15, -0.1) is 10.2 Å². The number of aryl methyl sites for hydroxylation is 1. The fourth-order valence-electron chi connectivity index (χ4n) is 2.77. The van der Waals surface area contributed by atoms with Crippen molar-refractivity contribution in [3.8, 4) is 0 Å². The molecule has 2 aromatic heterocycles. The predicted octanol–water partition coefficient (Wildman–Crippen LogP) is 2.25. The minimum Gasteiger partial charge on any atom is -0.368 e. The molecule has 0 atom stereocenters. The molecule has 0 saturated carbocycles. The summed E-state index contributed by atoms with van der Waals surface area (Å²) in [5.74, 6) is 1.48. The number of hydrogen-bond acceptors (Lipinski definition) is 5. The van der Waals surface area contributed by atoms with Gasteiger partial charge in [0.15, 0.2) is 5.69 Å². The monoisotopic (exact) mass is 338 g/mol. The molecule has 0 fully saturated rings. The minimum absolute atomic E-state index is 0.210. The van der Waals surface area contributed by atoms with Crippen molar-refractivity contribution >= 4 is 22.8 Å². The molecule has 3 aromatic rings. The van der Waals surface area contributed by atoms with Gasteiger partial charge in [0.2, 0.25) is 0 Å². The molecule has 130 valence electrons. The number of fused-ring (bicyclic) bond motifs is 1. The Labute approximate surface area is 146 Å². The number of nitrogens with zero attached hydrogens (tertiary/aromatic N) is 4. The number of para-hydroxylation sites is 2. The zero-order valence-electron chi connectivity index (χ0n) is 14.5. The summed E-state index contributed by atoms with van der Waals surface area (Å²) in [5.41, 5.74) is 2.50. The highest BCUT2D eigenvalue weighted by Gasteiger charge is 2.09. The Morgan fingerprint density at radius 2 is 1.96 bits per heavy atom. The van der Waals surface area contributed by atoms with Gasteiger partial charge in [0, 0.05) is 26.1 Å². The van der Waals surface area contributed by atoms with Crippen LogP contribution in [0.4, 0.5) is 5.82 Å². The molecule has 1 aromatic carbocycles. The van der Waals surface area contributed by atoms with Crippen LogP contribution in [0, 0.1) is 0 Å². The van der Waals surface area contributed by atoms with Crippen LogP contribution in [-0.2, 0) is 13.0 Å². The number of anilines is 1. The lowest BCUT2D eigenvalue weighted by Crippen LogP contribution is -2.24.